The highest BCUT2D eigenvalue weighted by molar-refractivity contribution is 7.84. The Balaban J connectivity index is 2.57. The van der Waals surface area contributed by atoms with Gasteiger partial charge in [-0.2, -0.15) is 0 Å². The molecule has 5 heteroatoms. The molecule has 1 rings (SSSR count). The van der Waals surface area contributed by atoms with Crippen molar-refractivity contribution >= 4 is 16.7 Å². The molecule has 1 aromatic carbocycles. The lowest BCUT2D eigenvalue weighted by Crippen LogP contribution is -2.33. The zero-order valence-corrected chi connectivity index (χ0v) is 12.3. The van der Waals surface area contributed by atoms with E-state index in [-0.39, 0.29) is 11.9 Å². The van der Waals surface area contributed by atoms with Crippen molar-refractivity contribution in [3.05, 3.63) is 35.4 Å². The van der Waals surface area contributed by atoms with Crippen LogP contribution in [0.1, 0.15) is 29.3 Å². The normalized spacial score (nSPS) is 13.8. The average molecular weight is 282 g/mol. The molecule has 0 bridgehead atoms. The lowest BCUT2D eigenvalue weighted by molar-refractivity contribution is 0.0939. The number of amides is 1. The number of benzene rings is 1. The van der Waals surface area contributed by atoms with E-state index in [2.05, 4.69) is 5.32 Å². The summed E-state index contributed by atoms with van der Waals surface area (Å²) >= 11 is 0. The van der Waals surface area contributed by atoms with Crippen LogP contribution < -0.4 is 11.1 Å². The van der Waals surface area contributed by atoms with Gasteiger partial charge in [-0.25, -0.2) is 0 Å². The second kappa shape index (κ2) is 8.07. The molecule has 1 amide bonds. The van der Waals surface area contributed by atoms with Crippen LogP contribution in [0.3, 0.4) is 0 Å². The summed E-state index contributed by atoms with van der Waals surface area (Å²) in [5.74, 6) is 0.516. The van der Waals surface area contributed by atoms with E-state index < -0.39 is 10.8 Å². The molecule has 0 fully saturated rings. The summed E-state index contributed by atoms with van der Waals surface area (Å²) in [6.07, 6.45) is 3.16. The van der Waals surface area contributed by atoms with E-state index in [1.165, 1.54) is 0 Å². The number of rotatable bonds is 7. The number of nitrogens with one attached hydrogen (secondary N) is 1. The van der Waals surface area contributed by atoms with Crippen LogP contribution in [-0.2, 0) is 17.2 Å². The highest BCUT2D eigenvalue weighted by Gasteiger charge is 2.10. The van der Waals surface area contributed by atoms with Gasteiger partial charge in [0.2, 0.25) is 0 Å². The first kappa shape index (κ1) is 15.9. The van der Waals surface area contributed by atoms with Gasteiger partial charge < -0.3 is 11.1 Å². The molecule has 2 unspecified atom stereocenters. The molecular formula is C14H22N2O2S. The third kappa shape index (κ3) is 5.98. The second-order valence-electron chi connectivity index (χ2n) is 4.68. The fourth-order valence-corrected chi connectivity index (χ4v) is 2.44. The fraction of sp³-hybridized carbons (Fsp3) is 0.500. The van der Waals surface area contributed by atoms with Gasteiger partial charge in [-0.15, -0.1) is 0 Å². The van der Waals surface area contributed by atoms with Gasteiger partial charge in [0.25, 0.3) is 5.91 Å². The molecule has 106 valence electrons. The Morgan fingerprint density at radius 2 is 2.21 bits per heavy atom. The van der Waals surface area contributed by atoms with Gasteiger partial charge in [-0.3, -0.25) is 9.00 Å². The standard InChI is InChI=1S/C14H22N2O2S/c1-11(7-9-19(2)18)16-14(17)13-5-3-4-12(10-13)6-8-15/h3-5,10-11H,6-9,15H2,1-2H3,(H,16,17). The largest absolute Gasteiger partial charge is 0.350 e. The van der Waals surface area contributed by atoms with E-state index in [9.17, 15) is 9.00 Å². The quantitative estimate of drug-likeness (QED) is 0.786. The topological polar surface area (TPSA) is 72.2 Å². The Morgan fingerprint density at radius 3 is 2.84 bits per heavy atom. The molecule has 0 aliphatic rings. The molecule has 0 spiro atoms. The summed E-state index contributed by atoms with van der Waals surface area (Å²) in [6, 6.07) is 7.51. The molecule has 0 aliphatic carbocycles. The molecule has 4 nitrogen and oxygen atoms in total. The van der Waals surface area contributed by atoms with Crippen LogP contribution in [0.2, 0.25) is 0 Å². The second-order valence-corrected chi connectivity index (χ2v) is 6.23. The third-order valence-electron chi connectivity index (χ3n) is 2.84. The van der Waals surface area contributed by atoms with Crippen molar-refractivity contribution in [1.29, 1.82) is 0 Å². The summed E-state index contributed by atoms with van der Waals surface area (Å²) in [5, 5.41) is 2.92. The van der Waals surface area contributed by atoms with Gasteiger partial charge >= 0.3 is 0 Å². The molecule has 0 aliphatic heterocycles. The third-order valence-corrected chi connectivity index (χ3v) is 3.65. The smallest absolute Gasteiger partial charge is 0.251 e. The minimum atomic E-state index is -0.817. The van der Waals surface area contributed by atoms with Crippen LogP contribution >= 0.6 is 0 Å². The minimum Gasteiger partial charge on any atom is -0.350 e. The summed E-state index contributed by atoms with van der Waals surface area (Å²) in [4.78, 5) is 12.0. The molecule has 0 aromatic heterocycles. The van der Waals surface area contributed by atoms with Crippen molar-refractivity contribution in [3.8, 4) is 0 Å². The zero-order valence-electron chi connectivity index (χ0n) is 11.5. The molecular weight excluding hydrogens is 260 g/mol. The Bertz CT molecular complexity index is 449. The van der Waals surface area contributed by atoms with Gasteiger partial charge in [0.15, 0.2) is 0 Å². The lowest BCUT2D eigenvalue weighted by Gasteiger charge is -2.13. The van der Waals surface area contributed by atoms with Crippen LogP contribution in [0, 0.1) is 0 Å². The van der Waals surface area contributed by atoms with E-state index in [1.54, 1.807) is 12.3 Å². The minimum absolute atomic E-state index is 0.0227. The predicted molar refractivity (Wildman–Crippen MR) is 79.7 cm³/mol. The molecule has 3 N–H and O–H groups in total. The van der Waals surface area contributed by atoms with Crippen molar-refractivity contribution in [2.45, 2.75) is 25.8 Å². The zero-order chi connectivity index (χ0) is 14.3. The number of carbonyl (C=O) groups is 1. The maximum Gasteiger partial charge on any atom is 0.251 e. The van der Waals surface area contributed by atoms with Crippen molar-refractivity contribution in [2.75, 3.05) is 18.6 Å². The van der Waals surface area contributed by atoms with Crippen LogP contribution in [0.25, 0.3) is 0 Å². The Hall–Kier alpha value is -1.20. The number of hydrogen-bond donors (Lipinski definition) is 2. The first-order chi connectivity index (χ1) is 9.02. The first-order valence-corrected chi connectivity index (χ1v) is 8.15. The lowest BCUT2D eigenvalue weighted by atomic mass is 10.1. The van der Waals surface area contributed by atoms with E-state index in [0.29, 0.717) is 17.9 Å². The highest BCUT2D eigenvalue weighted by atomic mass is 32.2. The van der Waals surface area contributed by atoms with E-state index in [0.717, 1.165) is 18.4 Å². The van der Waals surface area contributed by atoms with Crippen molar-refractivity contribution < 1.29 is 9.00 Å². The number of hydrogen-bond acceptors (Lipinski definition) is 3. The Labute approximate surface area is 117 Å². The SMILES string of the molecule is CC(CCS(C)=O)NC(=O)c1cccc(CCN)c1. The maximum absolute atomic E-state index is 12.0. The monoisotopic (exact) mass is 282 g/mol. The fourth-order valence-electron chi connectivity index (χ4n) is 1.76. The van der Waals surface area contributed by atoms with Gasteiger partial charge in [0.05, 0.1) is 0 Å². The molecule has 0 radical (unpaired) electrons. The van der Waals surface area contributed by atoms with Crippen LogP contribution in [0.15, 0.2) is 24.3 Å². The van der Waals surface area contributed by atoms with Crippen molar-refractivity contribution in [1.82, 2.24) is 5.32 Å². The number of carbonyl (C=O) groups excluding carboxylic acids is 1. The van der Waals surface area contributed by atoms with E-state index in [1.807, 2.05) is 25.1 Å². The molecule has 0 heterocycles. The summed E-state index contributed by atoms with van der Waals surface area (Å²) in [5.41, 5.74) is 7.22. The summed E-state index contributed by atoms with van der Waals surface area (Å²) in [7, 11) is -0.817. The van der Waals surface area contributed by atoms with E-state index >= 15 is 0 Å². The molecule has 2 atom stereocenters. The molecule has 1 aromatic rings. The van der Waals surface area contributed by atoms with Crippen LogP contribution in [0.5, 0.6) is 0 Å². The van der Waals surface area contributed by atoms with Crippen LogP contribution in [0.4, 0.5) is 0 Å². The van der Waals surface area contributed by atoms with Crippen molar-refractivity contribution in [3.63, 3.8) is 0 Å². The Morgan fingerprint density at radius 1 is 1.47 bits per heavy atom. The van der Waals surface area contributed by atoms with Crippen molar-refractivity contribution in [2.24, 2.45) is 5.73 Å². The first-order valence-electron chi connectivity index (χ1n) is 6.43. The van der Waals surface area contributed by atoms with E-state index in [4.69, 9.17) is 5.73 Å². The van der Waals surface area contributed by atoms with Gasteiger partial charge in [-0.05, 0) is 44.0 Å². The molecule has 19 heavy (non-hydrogen) atoms. The predicted octanol–water partition coefficient (Wildman–Crippen LogP) is 1.07. The molecule has 0 saturated heterocycles. The van der Waals surface area contributed by atoms with Gasteiger partial charge in [0.1, 0.15) is 0 Å². The Kier molecular flexibility index (Phi) is 6.73. The molecule has 0 saturated carbocycles. The highest BCUT2D eigenvalue weighted by Crippen LogP contribution is 2.06. The van der Waals surface area contributed by atoms with Gasteiger partial charge in [0, 0.05) is 34.4 Å². The van der Waals surface area contributed by atoms with Crippen LogP contribution in [-0.4, -0.2) is 34.7 Å². The number of nitrogens with two attached hydrogens (primary N) is 1. The maximum atomic E-state index is 12.0. The average Bonchev–Trinajstić information content (AvgIpc) is 2.37. The van der Waals surface area contributed by atoms with Gasteiger partial charge in [-0.1, -0.05) is 12.1 Å². The summed E-state index contributed by atoms with van der Waals surface area (Å²) < 4.78 is 11.0. The summed E-state index contributed by atoms with van der Waals surface area (Å²) in [6.45, 7) is 2.50.